The van der Waals surface area contributed by atoms with E-state index in [1.54, 1.807) is 0 Å². The number of piperidine rings is 1. The van der Waals surface area contributed by atoms with E-state index >= 15 is 0 Å². The Morgan fingerprint density at radius 2 is 1.59 bits per heavy atom. The molecule has 1 aliphatic heterocycles. The minimum atomic E-state index is -0.591. The summed E-state index contributed by atoms with van der Waals surface area (Å²) in [6.45, 7) is 5.73. The summed E-state index contributed by atoms with van der Waals surface area (Å²) in [7, 11) is 0. The highest BCUT2D eigenvalue weighted by Gasteiger charge is 2.21. The zero-order chi connectivity index (χ0) is 17.6. The smallest absolute Gasteiger partial charge is 0.156 e. The second kappa shape index (κ2) is 8.19. The molecule has 2 aromatic heterocycles. The van der Waals surface area contributed by atoms with Gasteiger partial charge in [-0.05, 0) is 45.2 Å². The maximum atomic E-state index is 13.6. The number of fused-ring (bicyclic) bond motifs is 1. The maximum absolute atomic E-state index is 13.6. The topological polar surface area (TPSA) is 76.3 Å². The summed E-state index contributed by atoms with van der Waals surface area (Å²) >= 11 is 0. The quantitative estimate of drug-likeness (QED) is 0.708. The first-order chi connectivity index (χ1) is 12.0. The Morgan fingerprint density at radius 3 is 2.22 bits per heavy atom. The molecule has 1 fully saturated rings. The Labute approximate surface area is 162 Å². The summed E-state index contributed by atoms with van der Waals surface area (Å²) in [6.07, 6.45) is 3.53. The molecule has 146 valence electrons. The van der Waals surface area contributed by atoms with Crippen LogP contribution >= 0.6 is 12.4 Å². The predicted octanol–water partition coefficient (Wildman–Crippen LogP) is 4.11. The van der Waals surface area contributed by atoms with Crippen LogP contribution in [0.2, 0.25) is 0 Å². The van der Waals surface area contributed by atoms with Crippen LogP contribution < -0.4 is 4.90 Å². The first kappa shape index (κ1) is 21.1. The first-order valence-electron chi connectivity index (χ1n) is 8.61. The largest absolute Gasteiger partial charge is 0.412 e. The fourth-order valence-electron chi connectivity index (χ4n) is 3.60. The average molecular weight is 397 g/mol. The standard InChI is InChI=1S/C19H20F2N4.ClH.H2O/c1-11-16(13-8-14(20)10-15(21)9-13)24-18-17(11)22-12(2)23-19(18)25-6-4-3-5-7-25;;/h8-10,24H,3-7H2,1-2H3;1H;1H2. The van der Waals surface area contributed by atoms with Crippen LogP contribution in [0.5, 0.6) is 0 Å². The van der Waals surface area contributed by atoms with Gasteiger partial charge in [0, 0.05) is 30.3 Å². The first-order valence-corrected chi connectivity index (χ1v) is 8.61. The molecule has 3 N–H and O–H groups in total. The van der Waals surface area contributed by atoms with Gasteiger partial charge >= 0.3 is 0 Å². The van der Waals surface area contributed by atoms with E-state index < -0.39 is 11.6 Å². The molecule has 0 atom stereocenters. The van der Waals surface area contributed by atoms with Gasteiger partial charge in [-0.2, -0.15) is 0 Å². The van der Waals surface area contributed by atoms with Crippen molar-refractivity contribution in [2.24, 2.45) is 0 Å². The molecular weight excluding hydrogens is 374 g/mol. The van der Waals surface area contributed by atoms with Gasteiger partial charge in [-0.15, -0.1) is 12.4 Å². The molecule has 3 aromatic rings. The maximum Gasteiger partial charge on any atom is 0.156 e. The number of halogens is 3. The van der Waals surface area contributed by atoms with Crippen molar-refractivity contribution in [2.75, 3.05) is 18.0 Å². The van der Waals surface area contributed by atoms with E-state index in [2.05, 4.69) is 19.9 Å². The normalized spacial score (nSPS) is 14.0. The molecule has 5 nitrogen and oxygen atoms in total. The SMILES string of the molecule is Cc1nc(N2CCCCC2)c2[nH]c(-c3cc(F)cc(F)c3)c(C)c2n1.Cl.O. The average Bonchev–Trinajstić information content (AvgIpc) is 2.91. The highest BCUT2D eigenvalue weighted by Crippen LogP contribution is 2.34. The summed E-state index contributed by atoms with van der Waals surface area (Å²) in [4.78, 5) is 14.8. The number of aromatic nitrogens is 3. The number of H-pyrrole nitrogens is 1. The van der Waals surface area contributed by atoms with Gasteiger partial charge in [0.2, 0.25) is 0 Å². The molecule has 1 aliphatic rings. The summed E-state index contributed by atoms with van der Waals surface area (Å²) in [5.74, 6) is 0.402. The molecule has 0 saturated carbocycles. The van der Waals surface area contributed by atoms with E-state index in [1.807, 2.05) is 13.8 Å². The fourth-order valence-corrected chi connectivity index (χ4v) is 3.60. The van der Waals surface area contributed by atoms with Gasteiger partial charge in [0.15, 0.2) is 5.82 Å². The van der Waals surface area contributed by atoms with Gasteiger partial charge in [0.05, 0.1) is 11.2 Å². The third-order valence-corrected chi connectivity index (χ3v) is 4.79. The Bertz CT molecular complexity index is 934. The summed E-state index contributed by atoms with van der Waals surface area (Å²) in [5.41, 5.74) is 3.70. The van der Waals surface area contributed by atoms with Crippen molar-refractivity contribution < 1.29 is 14.3 Å². The highest BCUT2D eigenvalue weighted by molar-refractivity contribution is 5.94. The van der Waals surface area contributed by atoms with Gasteiger partial charge in [-0.3, -0.25) is 0 Å². The van der Waals surface area contributed by atoms with Crippen LogP contribution in [0.4, 0.5) is 14.6 Å². The fraction of sp³-hybridized carbons (Fsp3) is 0.368. The van der Waals surface area contributed by atoms with Crippen LogP contribution in [0.1, 0.15) is 30.7 Å². The van der Waals surface area contributed by atoms with Crippen LogP contribution in [0.25, 0.3) is 22.3 Å². The van der Waals surface area contributed by atoms with Gasteiger partial charge < -0.3 is 15.4 Å². The van der Waals surface area contributed by atoms with E-state index in [1.165, 1.54) is 18.6 Å². The van der Waals surface area contributed by atoms with E-state index in [-0.39, 0.29) is 17.9 Å². The molecule has 1 aromatic carbocycles. The summed E-state index contributed by atoms with van der Waals surface area (Å²) in [6, 6.07) is 3.55. The summed E-state index contributed by atoms with van der Waals surface area (Å²) in [5, 5.41) is 0. The van der Waals surface area contributed by atoms with Crippen molar-refractivity contribution in [1.82, 2.24) is 15.0 Å². The number of rotatable bonds is 2. The van der Waals surface area contributed by atoms with Crippen LogP contribution in [0.3, 0.4) is 0 Å². The van der Waals surface area contributed by atoms with Gasteiger partial charge in [-0.25, -0.2) is 18.7 Å². The van der Waals surface area contributed by atoms with Crippen molar-refractivity contribution in [3.8, 4) is 11.3 Å². The molecule has 0 spiro atoms. The summed E-state index contributed by atoms with van der Waals surface area (Å²) < 4.78 is 27.3. The molecule has 4 rings (SSSR count). The van der Waals surface area contributed by atoms with Crippen molar-refractivity contribution in [1.29, 1.82) is 0 Å². The predicted molar refractivity (Wildman–Crippen MR) is 106 cm³/mol. The lowest BCUT2D eigenvalue weighted by atomic mass is 10.1. The zero-order valence-corrected chi connectivity index (χ0v) is 16.1. The highest BCUT2D eigenvalue weighted by atomic mass is 35.5. The van der Waals surface area contributed by atoms with Crippen molar-refractivity contribution in [3.05, 3.63) is 41.2 Å². The third kappa shape index (κ3) is 3.89. The van der Waals surface area contributed by atoms with Crippen molar-refractivity contribution in [2.45, 2.75) is 33.1 Å². The van der Waals surface area contributed by atoms with Gasteiger partial charge in [0.1, 0.15) is 23.0 Å². The number of hydrogen-bond acceptors (Lipinski definition) is 3. The minimum Gasteiger partial charge on any atom is -0.412 e. The van der Waals surface area contributed by atoms with Crippen molar-refractivity contribution >= 4 is 29.3 Å². The number of aromatic amines is 1. The van der Waals surface area contributed by atoms with Crippen LogP contribution in [0.15, 0.2) is 18.2 Å². The van der Waals surface area contributed by atoms with Crippen LogP contribution in [-0.2, 0) is 0 Å². The molecule has 8 heteroatoms. The number of benzene rings is 1. The van der Waals surface area contributed by atoms with Crippen LogP contribution in [0, 0.1) is 25.5 Å². The number of hydrogen-bond donors (Lipinski definition) is 1. The van der Waals surface area contributed by atoms with E-state index in [4.69, 9.17) is 0 Å². The Morgan fingerprint density at radius 1 is 0.963 bits per heavy atom. The monoisotopic (exact) mass is 396 g/mol. The lowest BCUT2D eigenvalue weighted by Crippen LogP contribution is -2.30. The van der Waals surface area contributed by atoms with Gasteiger partial charge in [0.25, 0.3) is 0 Å². The molecule has 1 saturated heterocycles. The molecule has 0 aliphatic carbocycles. The van der Waals surface area contributed by atoms with E-state index in [0.29, 0.717) is 17.1 Å². The third-order valence-electron chi connectivity index (χ3n) is 4.79. The number of aryl methyl sites for hydroxylation is 2. The molecule has 0 radical (unpaired) electrons. The Hall–Kier alpha value is -2.25. The Balaban J connectivity index is 0.00000131. The second-order valence-corrected chi connectivity index (χ2v) is 6.65. The number of nitrogens with zero attached hydrogens (tertiary/aromatic N) is 3. The molecule has 0 bridgehead atoms. The molecule has 0 unspecified atom stereocenters. The molecule has 3 heterocycles. The van der Waals surface area contributed by atoms with E-state index in [0.717, 1.165) is 54.4 Å². The lowest BCUT2D eigenvalue weighted by molar-refractivity contribution is 0.574. The minimum absolute atomic E-state index is 0. The lowest BCUT2D eigenvalue weighted by Gasteiger charge is -2.28. The second-order valence-electron chi connectivity index (χ2n) is 6.65. The van der Waals surface area contributed by atoms with Gasteiger partial charge in [-0.1, -0.05) is 0 Å². The van der Waals surface area contributed by atoms with Crippen LogP contribution in [-0.4, -0.2) is 33.5 Å². The van der Waals surface area contributed by atoms with Crippen molar-refractivity contribution in [3.63, 3.8) is 0 Å². The van der Waals surface area contributed by atoms with E-state index in [9.17, 15) is 8.78 Å². The molecule has 27 heavy (non-hydrogen) atoms. The number of anilines is 1. The zero-order valence-electron chi connectivity index (χ0n) is 15.3. The molecule has 0 amide bonds. The molecular formula is C19H23ClF2N4O. The number of nitrogens with one attached hydrogen (secondary N) is 1. The Kier molecular flexibility index (Phi) is 6.38.